The van der Waals surface area contributed by atoms with Gasteiger partial charge in [-0.2, -0.15) is 5.26 Å². The summed E-state index contributed by atoms with van der Waals surface area (Å²) in [6, 6.07) is 6.12. The van der Waals surface area contributed by atoms with Gasteiger partial charge in [-0.05, 0) is 55.2 Å². The second-order valence-corrected chi connectivity index (χ2v) is 10.9. The predicted octanol–water partition coefficient (Wildman–Crippen LogP) is 5.85. The fourth-order valence-corrected chi connectivity index (χ4v) is 6.14. The van der Waals surface area contributed by atoms with Crippen molar-refractivity contribution in [3.05, 3.63) is 51.1 Å². The normalized spacial score (nSPS) is 16.0. The van der Waals surface area contributed by atoms with Crippen LogP contribution in [0.1, 0.15) is 58.6 Å². The van der Waals surface area contributed by atoms with Crippen molar-refractivity contribution in [1.82, 2.24) is 9.97 Å². The zero-order chi connectivity index (χ0) is 21.5. The molecule has 0 radical (unpaired) electrons. The molecule has 3 aromatic heterocycles. The lowest BCUT2D eigenvalue weighted by atomic mass is 9.72. The number of anilines is 1. The second kappa shape index (κ2) is 7.93. The molecule has 3 aromatic rings. The molecule has 0 aromatic carbocycles. The molecule has 1 atom stereocenters. The van der Waals surface area contributed by atoms with Crippen LogP contribution in [0.15, 0.2) is 24.5 Å². The van der Waals surface area contributed by atoms with Crippen molar-refractivity contribution < 1.29 is 4.79 Å². The molecule has 5 nitrogen and oxygen atoms in total. The van der Waals surface area contributed by atoms with Crippen LogP contribution in [-0.2, 0) is 12.8 Å². The molecule has 30 heavy (non-hydrogen) atoms. The average Bonchev–Trinajstić information content (AvgIpc) is 3.27. The highest BCUT2D eigenvalue weighted by atomic mass is 32.1. The number of nitrogens with zero attached hydrogens (tertiary/aromatic N) is 3. The van der Waals surface area contributed by atoms with Crippen molar-refractivity contribution in [2.75, 3.05) is 5.32 Å². The Bertz CT molecular complexity index is 1130. The van der Waals surface area contributed by atoms with Crippen LogP contribution < -0.4 is 5.32 Å². The summed E-state index contributed by atoms with van der Waals surface area (Å²) < 4.78 is 0. The number of thiophene rings is 1. The lowest BCUT2D eigenvalue weighted by molar-refractivity contribution is 0.103. The van der Waals surface area contributed by atoms with E-state index >= 15 is 0 Å². The van der Waals surface area contributed by atoms with Crippen molar-refractivity contribution in [2.24, 2.45) is 11.3 Å². The van der Waals surface area contributed by atoms with Crippen LogP contribution in [0.2, 0.25) is 0 Å². The number of aromatic nitrogens is 2. The average molecular weight is 437 g/mol. The highest BCUT2D eigenvalue weighted by Gasteiger charge is 2.32. The van der Waals surface area contributed by atoms with Gasteiger partial charge in [0.2, 0.25) is 0 Å². The minimum atomic E-state index is -0.206. The summed E-state index contributed by atoms with van der Waals surface area (Å²) in [5, 5.41) is 14.2. The summed E-state index contributed by atoms with van der Waals surface area (Å²) in [7, 11) is 0. The number of nitrogens with one attached hydrogen (secondary N) is 1. The van der Waals surface area contributed by atoms with E-state index in [2.05, 4.69) is 42.1 Å². The van der Waals surface area contributed by atoms with E-state index in [1.165, 1.54) is 16.2 Å². The Morgan fingerprint density at radius 1 is 1.33 bits per heavy atom. The van der Waals surface area contributed by atoms with Crippen molar-refractivity contribution in [2.45, 2.75) is 47.0 Å². The molecule has 7 heteroatoms. The molecule has 4 rings (SSSR count). The van der Waals surface area contributed by atoms with E-state index < -0.39 is 0 Å². The molecule has 0 aliphatic heterocycles. The largest absolute Gasteiger partial charge is 0.312 e. The minimum Gasteiger partial charge on any atom is -0.312 e. The highest BCUT2D eigenvalue weighted by Crippen LogP contribution is 2.44. The highest BCUT2D eigenvalue weighted by molar-refractivity contribution is 7.18. The summed E-state index contributed by atoms with van der Waals surface area (Å²) in [6.07, 6.45) is 6.41. The molecule has 3 heterocycles. The summed E-state index contributed by atoms with van der Waals surface area (Å²) >= 11 is 2.91. The third-order valence-corrected chi connectivity index (χ3v) is 8.12. The summed E-state index contributed by atoms with van der Waals surface area (Å²) in [6.45, 7) is 8.66. The van der Waals surface area contributed by atoms with Gasteiger partial charge in [-0.15, -0.1) is 22.7 Å². The van der Waals surface area contributed by atoms with Gasteiger partial charge in [-0.25, -0.2) is 4.98 Å². The molecule has 0 saturated carbocycles. The van der Waals surface area contributed by atoms with E-state index in [0.717, 1.165) is 35.4 Å². The Kier molecular flexibility index (Phi) is 5.48. The van der Waals surface area contributed by atoms with E-state index in [9.17, 15) is 10.1 Å². The van der Waals surface area contributed by atoms with E-state index in [-0.39, 0.29) is 11.3 Å². The van der Waals surface area contributed by atoms with Crippen LogP contribution in [0, 0.1) is 29.6 Å². The van der Waals surface area contributed by atoms with Gasteiger partial charge in [0.15, 0.2) is 0 Å². The third kappa shape index (κ3) is 3.90. The van der Waals surface area contributed by atoms with Gasteiger partial charge in [-0.1, -0.05) is 20.8 Å². The maximum Gasteiger partial charge on any atom is 0.268 e. The third-order valence-electron chi connectivity index (χ3n) is 5.74. The number of fused-ring (bicyclic) bond motifs is 1. The number of hydrogen-bond donors (Lipinski definition) is 1. The molecular formula is C23H24N4OS2. The maximum absolute atomic E-state index is 13.0. The lowest BCUT2D eigenvalue weighted by Gasteiger charge is -2.33. The first kappa shape index (κ1) is 20.7. The monoisotopic (exact) mass is 436 g/mol. The van der Waals surface area contributed by atoms with E-state index in [4.69, 9.17) is 0 Å². The number of pyridine rings is 1. The Balaban J connectivity index is 1.60. The molecule has 0 saturated heterocycles. The maximum atomic E-state index is 13.0. The molecule has 1 aliphatic rings. The van der Waals surface area contributed by atoms with Crippen molar-refractivity contribution in [3.63, 3.8) is 0 Å². The fraction of sp³-hybridized carbons (Fsp3) is 0.391. The minimum absolute atomic E-state index is 0.206. The van der Waals surface area contributed by atoms with Crippen LogP contribution in [0.5, 0.6) is 0 Å². The van der Waals surface area contributed by atoms with Gasteiger partial charge < -0.3 is 5.32 Å². The summed E-state index contributed by atoms with van der Waals surface area (Å²) in [5.74, 6) is 0.382. The molecule has 1 N–H and O–H groups in total. The van der Waals surface area contributed by atoms with E-state index in [0.29, 0.717) is 27.1 Å². The van der Waals surface area contributed by atoms with Crippen LogP contribution in [0.3, 0.4) is 0 Å². The van der Waals surface area contributed by atoms with Gasteiger partial charge in [0, 0.05) is 22.8 Å². The molecule has 1 amide bonds. The standard InChI is InChI=1S/C23H24N4OS2/c1-13-19(30-21(26-13)14-6-5-9-25-12-14)20(28)27-22-17(11-24)16-8-7-15(23(2,3)4)10-18(16)29-22/h5-6,9,12,15H,7-8,10H2,1-4H3,(H,27,28)/t15-/m0/s1. The molecular weight excluding hydrogens is 412 g/mol. The number of rotatable bonds is 3. The summed E-state index contributed by atoms with van der Waals surface area (Å²) in [4.78, 5) is 23.5. The number of carbonyl (C=O) groups is 1. The van der Waals surface area contributed by atoms with Crippen LogP contribution in [-0.4, -0.2) is 15.9 Å². The Labute approximate surface area is 184 Å². The van der Waals surface area contributed by atoms with Crippen LogP contribution in [0.4, 0.5) is 5.00 Å². The molecule has 0 unspecified atom stereocenters. The zero-order valence-corrected chi connectivity index (χ0v) is 19.2. The number of aryl methyl sites for hydroxylation is 1. The fourth-order valence-electron chi connectivity index (χ4n) is 3.91. The van der Waals surface area contributed by atoms with Crippen molar-refractivity contribution >= 4 is 33.6 Å². The van der Waals surface area contributed by atoms with Gasteiger partial charge in [0.05, 0.1) is 11.3 Å². The smallest absolute Gasteiger partial charge is 0.268 e. The number of nitriles is 1. The number of amides is 1. The van der Waals surface area contributed by atoms with Crippen molar-refractivity contribution in [1.29, 1.82) is 5.26 Å². The lowest BCUT2D eigenvalue weighted by Crippen LogP contribution is -2.26. The first-order valence-electron chi connectivity index (χ1n) is 10.0. The van der Waals surface area contributed by atoms with E-state index in [1.54, 1.807) is 23.7 Å². The second-order valence-electron chi connectivity index (χ2n) is 8.75. The number of hydrogen-bond acceptors (Lipinski definition) is 6. The first-order valence-corrected chi connectivity index (χ1v) is 11.6. The molecule has 1 aliphatic carbocycles. The quantitative estimate of drug-likeness (QED) is 0.558. The Morgan fingerprint density at radius 3 is 2.80 bits per heavy atom. The topological polar surface area (TPSA) is 78.7 Å². The number of thiazole rings is 1. The van der Waals surface area contributed by atoms with Gasteiger partial charge in [0.25, 0.3) is 5.91 Å². The Morgan fingerprint density at radius 2 is 2.13 bits per heavy atom. The summed E-state index contributed by atoms with van der Waals surface area (Å²) in [5.41, 5.74) is 3.56. The predicted molar refractivity (Wildman–Crippen MR) is 122 cm³/mol. The zero-order valence-electron chi connectivity index (χ0n) is 17.6. The molecule has 0 bridgehead atoms. The van der Waals surface area contributed by atoms with E-state index in [1.807, 2.05) is 19.1 Å². The molecule has 154 valence electrons. The van der Waals surface area contributed by atoms with Crippen LogP contribution >= 0.6 is 22.7 Å². The number of carbonyl (C=O) groups excluding carboxylic acids is 1. The Hall–Kier alpha value is -2.56. The van der Waals surface area contributed by atoms with Gasteiger partial charge in [0.1, 0.15) is 21.0 Å². The van der Waals surface area contributed by atoms with Crippen molar-refractivity contribution in [3.8, 4) is 16.6 Å². The molecule has 0 spiro atoms. The van der Waals surface area contributed by atoms with Crippen LogP contribution in [0.25, 0.3) is 10.6 Å². The van der Waals surface area contributed by atoms with Gasteiger partial charge in [-0.3, -0.25) is 9.78 Å². The SMILES string of the molecule is Cc1nc(-c2cccnc2)sc1C(=O)Nc1sc2c(c1C#N)CC[C@H](C(C)(C)C)C2. The molecule has 0 fully saturated rings. The first-order chi connectivity index (χ1) is 14.3. The van der Waals surface area contributed by atoms with Gasteiger partial charge >= 0.3 is 0 Å².